The van der Waals surface area contributed by atoms with Crippen molar-refractivity contribution in [1.82, 2.24) is 9.78 Å². The van der Waals surface area contributed by atoms with E-state index in [9.17, 15) is 27.6 Å². The molecule has 0 saturated heterocycles. The fraction of sp³-hybridized carbons (Fsp3) is 0.368. The molecule has 0 aliphatic carbocycles. The van der Waals surface area contributed by atoms with Gasteiger partial charge >= 0.3 is 12.1 Å². The topological polar surface area (TPSA) is 102 Å². The van der Waals surface area contributed by atoms with Gasteiger partial charge in [-0.25, -0.2) is 9.48 Å². The van der Waals surface area contributed by atoms with Crippen molar-refractivity contribution in [3.63, 3.8) is 0 Å². The van der Waals surface area contributed by atoms with Crippen molar-refractivity contribution < 1.29 is 32.3 Å². The number of carbonyl (C=O) groups excluding carboxylic acids is 3. The number of anilines is 2. The number of alkyl halides is 3. The SMILES string of the molecule is CC(=O)c1ccc(NC(=O)COC(=O)c2cc3n(n2)C(C(F)(F)F)CC(C)N3)cc1. The van der Waals surface area contributed by atoms with Crippen LogP contribution in [-0.2, 0) is 9.53 Å². The predicted molar refractivity (Wildman–Crippen MR) is 100 cm³/mol. The molecular formula is C19H19F3N4O4. The number of hydrogen-bond acceptors (Lipinski definition) is 6. The summed E-state index contributed by atoms with van der Waals surface area (Å²) in [5, 5.41) is 9.04. The number of ether oxygens (including phenoxy) is 1. The summed E-state index contributed by atoms with van der Waals surface area (Å²) in [7, 11) is 0. The molecule has 160 valence electrons. The predicted octanol–water partition coefficient (Wildman–Crippen LogP) is 3.19. The van der Waals surface area contributed by atoms with E-state index in [1.54, 1.807) is 6.92 Å². The Morgan fingerprint density at radius 1 is 1.27 bits per heavy atom. The van der Waals surface area contributed by atoms with Gasteiger partial charge in [0.1, 0.15) is 5.82 Å². The molecular weight excluding hydrogens is 405 g/mol. The van der Waals surface area contributed by atoms with Crippen molar-refractivity contribution in [3.05, 3.63) is 41.6 Å². The van der Waals surface area contributed by atoms with Crippen LogP contribution in [0.5, 0.6) is 0 Å². The second kappa shape index (κ2) is 8.17. The molecule has 2 atom stereocenters. The first-order chi connectivity index (χ1) is 14.0. The van der Waals surface area contributed by atoms with Gasteiger partial charge in [0.25, 0.3) is 5.91 Å². The van der Waals surface area contributed by atoms with Gasteiger partial charge in [-0.05, 0) is 44.5 Å². The van der Waals surface area contributed by atoms with Gasteiger partial charge in [-0.2, -0.15) is 18.3 Å². The third-order valence-electron chi connectivity index (χ3n) is 4.50. The van der Waals surface area contributed by atoms with E-state index in [0.29, 0.717) is 15.9 Å². The standard InChI is InChI=1S/C19H19F3N4O4/c1-10-7-15(19(20,21)22)26-16(23-10)8-14(25-26)18(29)30-9-17(28)24-13-5-3-12(4-6-13)11(2)27/h3-6,8,10,15,23H,7,9H2,1-2H3,(H,24,28). The number of amides is 1. The van der Waals surface area contributed by atoms with Gasteiger partial charge in [0.05, 0.1) is 0 Å². The number of fused-ring (bicyclic) bond motifs is 1. The Morgan fingerprint density at radius 3 is 2.53 bits per heavy atom. The lowest BCUT2D eigenvalue weighted by Crippen LogP contribution is -2.37. The molecule has 0 radical (unpaired) electrons. The Balaban J connectivity index is 1.61. The van der Waals surface area contributed by atoms with Crippen LogP contribution in [0.1, 0.15) is 47.2 Å². The Labute approximate surface area is 169 Å². The molecule has 8 nitrogen and oxygen atoms in total. The molecule has 1 aliphatic heterocycles. The number of nitrogens with one attached hydrogen (secondary N) is 2. The number of esters is 1. The van der Waals surface area contributed by atoms with Gasteiger partial charge in [-0.1, -0.05) is 0 Å². The first kappa shape index (κ1) is 21.3. The third kappa shape index (κ3) is 4.78. The van der Waals surface area contributed by atoms with Crippen LogP contribution in [0.25, 0.3) is 0 Å². The Morgan fingerprint density at radius 2 is 1.93 bits per heavy atom. The van der Waals surface area contributed by atoms with Gasteiger partial charge in [0, 0.05) is 23.4 Å². The zero-order valence-corrected chi connectivity index (χ0v) is 16.1. The van der Waals surface area contributed by atoms with Crippen LogP contribution in [-0.4, -0.2) is 46.3 Å². The van der Waals surface area contributed by atoms with Crippen molar-refractivity contribution in [2.45, 2.75) is 38.5 Å². The fourth-order valence-electron chi connectivity index (χ4n) is 3.05. The van der Waals surface area contributed by atoms with E-state index in [2.05, 4.69) is 15.7 Å². The second-order valence-electron chi connectivity index (χ2n) is 6.96. The molecule has 1 aromatic carbocycles. The van der Waals surface area contributed by atoms with Crippen LogP contribution in [0.15, 0.2) is 30.3 Å². The monoisotopic (exact) mass is 424 g/mol. The van der Waals surface area contributed by atoms with E-state index in [1.165, 1.54) is 31.2 Å². The van der Waals surface area contributed by atoms with Crippen LogP contribution in [0.4, 0.5) is 24.7 Å². The van der Waals surface area contributed by atoms with Crippen LogP contribution in [0.3, 0.4) is 0 Å². The summed E-state index contributed by atoms with van der Waals surface area (Å²) in [6, 6.07) is 4.95. The maximum absolute atomic E-state index is 13.3. The molecule has 2 unspecified atom stereocenters. The zero-order chi connectivity index (χ0) is 22.1. The number of Topliss-reactive ketones (excluding diaryl/α,β-unsaturated/α-hetero) is 1. The maximum Gasteiger partial charge on any atom is 0.410 e. The van der Waals surface area contributed by atoms with Gasteiger partial charge in [0.2, 0.25) is 0 Å². The molecule has 2 heterocycles. The number of aromatic nitrogens is 2. The first-order valence-electron chi connectivity index (χ1n) is 9.05. The lowest BCUT2D eigenvalue weighted by Gasteiger charge is -2.31. The molecule has 1 aromatic heterocycles. The lowest BCUT2D eigenvalue weighted by atomic mass is 10.1. The average molecular weight is 424 g/mol. The van der Waals surface area contributed by atoms with Crippen molar-refractivity contribution in [2.75, 3.05) is 17.2 Å². The van der Waals surface area contributed by atoms with E-state index in [-0.39, 0.29) is 23.7 Å². The van der Waals surface area contributed by atoms with E-state index in [1.807, 2.05) is 0 Å². The number of halogens is 3. The van der Waals surface area contributed by atoms with E-state index >= 15 is 0 Å². The number of ketones is 1. The summed E-state index contributed by atoms with van der Waals surface area (Å²) in [5.41, 5.74) is 0.535. The minimum absolute atomic E-state index is 0.0537. The number of carbonyl (C=O) groups is 3. The van der Waals surface area contributed by atoms with Gasteiger partial charge in [-0.15, -0.1) is 0 Å². The van der Waals surface area contributed by atoms with E-state index < -0.39 is 36.7 Å². The number of nitrogens with zero attached hydrogens (tertiary/aromatic N) is 2. The highest BCUT2D eigenvalue weighted by Crippen LogP contribution is 2.39. The average Bonchev–Trinajstić information content (AvgIpc) is 3.09. The smallest absolute Gasteiger partial charge is 0.410 e. The van der Waals surface area contributed by atoms with E-state index in [4.69, 9.17) is 4.74 Å². The number of rotatable bonds is 5. The molecule has 0 fully saturated rings. The van der Waals surface area contributed by atoms with Gasteiger partial charge < -0.3 is 15.4 Å². The second-order valence-corrected chi connectivity index (χ2v) is 6.96. The summed E-state index contributed by atoms with van der Waals surface area (Å²) in [4.78, 5) is 35.3. The van der Waals surface area contributed by atoms with E-state index in [0.717, 1.165) is 6.07 Å². The minimum atomic E-state index is -4.52. The summed E-state index contributed by atoms with van der Waals surface area (Å²) in [5.74, 6) is -1.74. The molecule has 1 amide bonds. The van der Waals surface area contributed by atoms with Crippen LogP contribution in [0.2, 0.25) is 0 Å². The summed E-state index contributed by atoms with van der Waals surface area (Å²) in [6.45, 7) is 2.36. The van der Waals surface area contributed by atoms with Crippen LogP contribution < -0.4 is 10.6 Å². The number of hydrogen-bond donors (Lipinski definition) is 2. The van der Waals surface area contributed by atoms with Crippen LogP contribution >= 0.6 is 0 Å². The highest BCUT2D eigenvalue weighted by molar-refractivity contribution is 5.97. The molecule has 11 heteroatoms. The van der Waals surface area contributed by atoms with Crippen molar-refractivity contribution in [3.8, 4) is 0 Å². The molecule has 0 bridgehead atoms. The highest BCUT2D eigenvalue weighted by Gasteiger charge is 2.45. The maximum atomic E-state index is 13.3. The normalized spacial score (nSPS) is 18.2. The Kier molecular flexibility index (Phi) is 5.81. The molecule has 3 rings (SSSR count). The molecule has 30 heavy (non-hydrogen) atoms. The van der Waals surface area contributed by atoms with Gasteiger partial charge in [0.15, 0.2) is 24.1 Å². The van der Waals surface area contributed by atoms with Gasteiger partial charge in [-0.3, -0.25) is 9.59 Å². The largest absolute Gasteiger partial charge is 0.451 e. The Hall–Kier alpha value is -3.37. The Bertz CT molecular complexity index is 969. The molecule has 0 saturated carbocycles. The van der Waals surface area contributed by atoms with Crippen molar-refractivity contribution >= 4 is 29.2 Å². The zero-order valence-electron chi connectivity index (χ0n) is 16.1. The molecule has 1 aliphatic rings. The molecule has 2 N–H and O–H groups in total. The first-order valence-corrected chi connectivity index (χ1v) is 9.05. The van der Waals surface area contributed by atoms with Crippen molar-refractivity contribution in [1.29, 1.82) is 0 Å². The molecule has 0 spiro atoms. The van der Waals surface area contributed by atoms with Crippen molar-refractivity contribution in [2.24, 2.45) is 0 Å². The lowest BCUT2D eigenvalue weighted by molar-refractivity contribution is -0.173. The molecule has 2 aromatic rings. The minimum Gasteiger partial charge on any atom is -0.451 e. The highest BCUT2D eigenvalue weighted by atomic mass is 19.4. The summed E-state index contributed by atoms with van der Waals surface area (Å²) >= 11 is 0. The fourth-order valence-corrected chi connectivity index (χ4v) is 3.05. The number of benzene rings is 1. The summed E-state index contributed by atoms with van der Waals surface area (Å²) in [6.07, 6.45) is -4.74. The summed E-state index contributed by atoms with van der Waals surface area (Å²) < 4.78 is 45.3. The van der Waals surface area contributed by atoms with Crippen LogP contribution in [0, 0.1) is 0 Å². The third-order valence-corrected chi connectivity index (χ3v) is 4.50. The quantitative estimate of drug-likeness (QED) is 0.565.